The zero-order valence-corrected chi connectivity index (χ0v) is 16.2. The Morgan fingerprint density at radius 2 is 2.00 bits per heavy atom. The van der Waals surface area contributed by atoms with Crippen molar-refractivity contribution in [3.8, 4) is 11.5 Å². The first kappa shape index (κ1) is 17.5. The van der Waals surface area contributed by atoms with E-state index in [0.717, 1.165) is 16.6 Å². The number of benzene rings is 2. The van der Waals surface area contributed by atoms with Crippen LogP contribution in [0.5, 0.6) is 11.5 Å². The van der Waals surface area contributed by atoms with Crippen molar-refractivity contribution in [2.75, 3.05) is 13.7 Å². The Morgan fingerprint density at radius 1 is 1.19 bits per heavy atom. The summed E-state index contributed by atoms with van der Waals surface area (Å²) in [7, 11) is 1.62. The molecule has 0 fully saturated rings. The Hall–Kier alpha value is -2.86. The molecule has 27 heavy (non-hydrogen) atoms. The van der Waals surface area contributed by atoms with Crippen molar-refractivity contribution in [2.45, 2.75) is 13.8 Å². The van der Waals surface area contributed by atoms with E-state index in [2.05, 4.69) is 18.8 Å². The molecule has 0 radical (unpaired) electrons. The lowest BCUT2D eigenvalue weighted by molar-refractivity contribution is 0.257. The SMILES string of the molecule is COc1cc(C=c2sc3nc4ccccc4n3c2=O)ccc1OCC(C)C. The van der Waals surface area contributed by atoms with Crippen LogP contribution in [-0.2, 0) is 0 Å². The average molecular weight is 380 g/mol. The van der Waals surface area contributed by atoms with Crippen LogP contribution < -0.4 is 19.6 Å². The fourth-order valence-electron chi connectivity index (χ4n) is 2.91. The molecule has 0 aliphatic heterocycles. The summed E-state index contributed by atoms with van der Waals surface area (Å²) in [6, 6.07) is 13.4. The lowest BCUT2D eigenvalue weighted by Gasteiger charge is -2.12. The predicted octanol–water partition coefficient (Wildman–Crippen LogP) is 3.50. The third-order valence-corrected chi connectivity index (χ3v) is 5.17. The van der Waals surface area contributed by atoms with Crippen molar-refractivity contribution in [1.29, 1.82) is 0 Å². The Labute approximate surface area is 160 Å². The van der Waals surface area contributed by atoms with Gasteiger partial charge in [0.25, 0.3) is 5.56 Å². The fraction of sp³-hybridized carbons (Fsp3) is 0.238. The third kappa shape index (κ3) is 3.28. The normalized spacial score (nSPS) is 12.4. The van der Waals surface area contributed by atoms with E-state index in [1.165, 1.54) is 11.3 Å². The average Bonchev–Trinajstić information content (AvgIpc) is 3.17. The molecule has 0 unspecified atom stereocenters. The summed E-state index contributed by atoms with van der Waals surface area (Å²) in [6.45, 7) is 4.82. The molecule has 138 valence electrons. The summed E-state index contributed by atoms with van der Waals surface area (Å²) in [5.41, 5.74) is 2.50. The van der Waals surface area contributed by atoms with Gasteiger partial charge >= 0.3 is 0 Å². The molecule has 0 spiro atoms. The van der Waals surface area contributed by atoms with E-state index in [0.29, 0.717) is 33.5 Å². The molecule has 0 atom stereocenters. The smallest absolute Gasteiger partial charge is 0.274 e. The fourth-order valence-corrected chi connectivity index (χ4v) is 3.90. The van der Waals surface area contributed by atoms with E-state index >= 15 is 0 Å². The van der Waals surface area contributed by atoms with Crippen molar-refractivity contribution in [2.24, 2.45) is 5.92 Å². The second-order valence-electron chi connectivity index (χ2n) is 6.75. The number of rotatable bonds is 5. The highest BCUT2D eigenvalue weighted by Gasteiger charge is 2.11. The van der Waals surface area contributed by atoms with E-state index in [4.69, 9.17) is 9.47 Å². The molecule has 4 aromatic rings. The molecular formula is C21H20N2O3S. The zero-order chi connectivity index (χ0) is 19.0. The van der Waals surface area contributed by atoms with Crippen LogP contribution in [0.25, 0.3) is 22.1 Å². The lowest BCUT2D eigenvalue weighted by Crippen LogP contribution is -2.22. The first-order valence-electron chi connectivity index (χ1n) is 8.79. The number of nitrogens with zero attached hydrogens (tertiary/aromatic N) is 2. The van der Waals surface area contributed by atoms with Gasteiger partial charge in [-0.2, -0.15) is 0 Å². The summed E-state index contributed by atoms with van der Waals surface area (Å²) >= 11 is 1.39. The molecule has 0 N–H and O–H groups in total. The predicted molar refractivity (Wildman–Crippen MR) is 109 cm³/mol. The quantitative estimate of drug-likeness (QED) is 0.532. The summed E-state index contributed by atoms with van der Waals surface area (Å²) in [6.07, 6.45) is 1.87. The lowest BCUT2D eigenvalue weighted by atomic mass is 10.2. The van der Waals surface area contributed by atoms with Crippen LogP contribution >= 0.6 is 11.3 Å². The molecular weight excluding hydrogens is 360 g/mol. The number of para-hydroxylation sites is 2. The molecule has 0 saturated carbocycles. The molecule has 2 heterocycles. The molecule has 0 amide bonds. The Balaban J connectivity index is 1.77. The third-order valence-electron chi connectivity index (χ3n) is 4.20. The Kier molecular flexibility index (Phi) is 4.58. The van der Waals surface area contributed by atoms with Crippen molar-refractivity contribution in [3.05, 3.63) is 62.9 Å². The highest BCUT2D eigenvalue weighted by Crippen LogP contribution is 2.28. The van der Waals surface area contributed by atoms with E-state index in [1.54, 1.807) is 11.5 Å². The summed E-state index contributed by atoms with van der Waals surface area (Å²) in [4.78, 5) is 18.1. The van der Waals surface area contributed by atoms with Crippen molar-refractivity contribution < 1.29 is 9.47 Å². The zero-order valence-electron chi connectivity index (χ0n) is 15.4. The molecule has 2 aromatic carbocycles. The van der Waals surface area contributed by atoms with Crippen molar-refractivity contribution in [3.63, 3.8) is 0 Å². The maximum absolute atomic E-state index is 12.9. The van der Waals surface area contributed by atoms with Crippen LogP contribution in [0.2, 0.25) is 0 Å². The van der Waals surface area contributed by atoms with Crippen molar-refractivity contribution in [1.82, 2.24) is 9.38 Å². The molecule has 4 rings (SSSR count). The highest BCUT2D eigenvalue weighted by atomic mass is 32.1. The molecule has 0 saturated heterocycles. The molecule has 2 aromatic heterocycles. The summed E-state index contributed by atoms with van der Waals surface area (Å²) < 4.78 is 13.6. The molecule has 0 aliphatic rings. The summed E-state index contributed by atoms with van der Waals surface area (Å²) in [5, 5.41) is 0. The number of aromatic nitrogens is 2. The molecule has 5 nitrogen and oxygen atoms in total. The maximum atomic E-state index is 12.9. The molecule has 6 heteroatoms. The highest BCUT2D eigenvalue weighted by molar-refractivity contribution is 7.15. The van der Waals surface area contributed by atoms with Gasteiger partial charge in [0.05, 0.1) is 29.3 Å². The molecule has 0 bridgehead atoms. The number of methoxy groups -OCH3 is 1. The van der Waals surface area contributed by atoms with Gasteiger partial charge in [-0.05, 0) is 41.8 Å². The van der Waals surface area contributed by atoms with Gasteiger partial charge in [0.15, 0.2) is 16.5 Å². The monoisotopic (exact) mass is 380 g/mol. The minimum absolute atomic E-state index is 0.0530. The van der Waals surface area contributed by atoms with Gasteiger partial charge in [0.1, 0.15) is 0 Å². The molecule has 0 aliphatic carbocycles. The minimum Gasteiger partial charge on any atom is -0.493 e. The van der Waals surface area contributed by atoms with Crippen LogP contribution in [0.3, 0.4) is 0 Å². The van der Waals surface area contributed by atoms with Crippen LogP contribution in [-0.4, -0.2) is 23.1 Å². The van der Waals surface area contributed by atoms with Gasteiger partial charge < -0.3 is 9.47 Å². The minimum atomic E-state index is -0.0530. The van der Waals surface area contributed by atoms with Crippen LogP contribution in [0.4, 0.5) is 0 Å². The maximum Gasteiger partial charge on any atom is 0.274 e. The second kappa shape index (κ2) is 7.04. The van der Waals surface area contributed by atoms with Gasteiger partial charge in [-0.25, -0.2) is 9.38 Å². The Morgan fingerprint density at radius 3 is 2.78 bits per heavy atom. The van der Waals surface area contributed by atoms with Crippen molar-refractivity contribution >= 4 is 33.4 Å². The summed E-state index contributed by atoms with van der Waals surface area (Å²) in [5.74, 6) is 1.79. The van der Waals surface area contributed by atoms with Gasteiger partial charge in [0, 0.05) is 0 Å². The Bertz CT molecular complexity index is 1220. The first-order valence-corrected chi connectivity index (χ1v) is 9.61. The van der Waals surface area contributed by atoms with E-state index in [1.807, 2.05) is 48.5 Å². The standard InChI is InChI=1S/C21H20N2O3S/c1-13(2)12-26-17-9-8-14(10-18(17)25-3)11-19-20(24)23-16-7-5-4-6-15(16)22-21(23)27-19/h4-11,13H,12H2,1-3H3. The first-order chi connectivity index (χ1) is 13.1. The van der Waals surface area contributed by atoms with E-state index in [-0.39, 0.29) is 5.56 Å². The van der Waals surface area contributed by atoms with Gasteiger partial charge in [-0.15, -0.1) is 0 Å². The number of hydrogen-bond acceptors (Lipinski definition) is 5. The number of thiazole rings is 1. The number of imidazole rings is 1. The van der Waals surface area contributed by atoms with Gasteiger partial charge in [-0.1, -0.05) is 43.4 Å². The van der Waals surface area contributed by atoms with E-state index in [9.17, 15) is 4.79 Å². The second-order valence-corrected chi connectivity index (χ2v) is 7.76. The van der Waals surface area contributed by atoms with Gasteiger partial charge in [0.2, 0.25) is 0 Å². The topological polar surface area (TPSA) is 52.8 Å². The van der Waals surface area contributed by atoms with Gasteiger partial charge in [-0.3, -0.25) is 4.79 Å². The van der Waals surface area contributed by atoms with Crippen LogP contribution in [0.15, 0.2) is 47.3 Å². The number of hydrogen-bond donors (Lipinski definition) is 0. The number of ether oxygens (including phenoxy) is 2. The number of fused-ring (bicyclic) bond motifs is 3. The van der Waals surface area contributed by atoms with E-state index < -0.39 is 0 Å². The van der Waals surface area contributed by atoms with Crippen LogP contribution in [0.1, 0.15) is 19.4 Å². The largest absolute Gasteiger partial charge is 0.493 e. The van der Waals surface area contributed by atoms with Crippen LogP contribution in [0, 0.1) is 5.92 Å².